The van der Waals surface area contributed by atoms with Crippen LogP contribution in [0.4, 0.5) is 20.3 Å². The molecule has 2 aromatic carbocycles. The molecule has 12 heteroatoms. The summed E-state index contributed by atoms with van der Waals surface area (Å²) >= 11 is 0. The molecule has 0 atom stereocenters. The minimum absolute atomic E-state index is 0.198. The highest BCUT2D eigenvalue weighted by molar-refractivity contribution is 7.91. The minimum atomic E-state index is -3.99. The first-order valence-corrected chi connectivity index (χ1v) is 16.2. The van der Waals surface area contributed by atoms with E-state index in [1.807, 2.05) is 20.8 Å². The van der Waals surface area contributed by atoms with Crippen LogP contribution in [0.5, 0.6) is 0 Å². The molecule has 4 rings (SSSR count). The maximum absolute atomic E-state index is 15.2. The fraction of sp³-hybridized carbons (Fsp3) is 0.406. The van der Waals surface area contributed by atoms with Crippen molar-refractivity contribution in [3.8, 4) is 11.1 Å². The third-order valence-corrected chi connectivity index (χ3v) is 9.09. The number of sulfonamides is 1. The lowest BCUT2D eigenvalue weighted by Gasteiger charge is -2.33. The standard InChI is InChI=1S/C32H40F2N6O3S/c1-20(2)40-30(37-32(35-4)36-25-12-14-26(15-13-25)39(5)6)21(3)17-27(31(40)41)23-9-16-29(28(34)18-23)38-44(42,43)19-22-7-10-24(33)11-8-22/h7-11,16-18,20,25-26,38H,4,12-15,19H2,1-3,5-6H3,(H,36,37)/t25-,26-. The molecular formula is C32H40F2N6O3S. The van der Waals surface area contributed by atoms with Gasteiger partial charge in [-0.1, -0.05) is 18.2 Å². The van der Waals surface area contributed by atoms with Gasteiger partial charge >= 0.3 is 0 Å². The first kappa shape index (κ1) is 33.0. The second kappa shape index (κ2) is 13.8. The Morgan fingerprint density at radius 1 is 1.07 bits per heavy atom. The minimum Gasteiger partial charge on any atom is -0.351 e. The lowest BCUT2D eigenvalue weighted by molar-refractivity contribution is 0.211. The zero-order valence-corrected chi connectivity index (χ0v) is 26.6. The number of benzene rings is 2. The molecule has 1 saturated carbocycles. The van der Waals surface area contributed by atoms with Gasteiger partial charge in [-0.25, -0.2) is 22.2 Å². The van der Waals surface area contributed by atoms with Crippen LogP contribution in [0.2, 0.25) is 0 Å². The van der Waals surface area contributed by atoms with Gasteiger partial charge in [0.1, 0.15) is 17.5 Å². The van der Waals surface area contributed by atoms with Crippen molar-refractivity contribution < 1.29 is 17.2 Å². The van der Waals surface area contributed by atoms with Crippen LogP contribution in [0.15, 0.2) is 63.3 Å². The number of anilines is 1. The highest BCUT2D eigenvalue weighted by Gasteiger charge is 2.24. The second-order valence-electron chi connectivity index (χ2n) is 11.7. The molecule has 0 amide bonds. The summed E-state index contributed by atoms with van der Waals surface area (Å²) in [6.07, 6.45) is 4.06. The Morgan fingerprint density at radius 3 is 2.30 bits per heavy atom. The predicted molar refractivity (Wildman–Crippen MR) is 173 cm³/mol. The van der Waals surface area contributed by atoms with Gasteiger partial charge in [-0.05, 0) is 114 Å². The summed E-state index contributed by atoms with van der Waals surface area (Å²) < 4.78 is 57.4. The largest absolute Gasteiger partial charge is 0.351 e. The summed E-state index contributed by atoms with van der Waals surface area (Å²) in [5.74, 6) is -1.02. The van der Waals surface area contributed by atoms with Crippen molar-refractivity contribution in [1.29, 1.82) is 0 Å². The van der Waals surface area contributed by atoms with Crippen LogP contribution >= 0.6 is 0 Å². The van der Waals surface area contributed by atoms with Crippen LogP contribution < -0.4 is 15.6 Å². The molecule has 2 N–H and O–H groups in total. The summed E-state index contributed by atoms with van der Waals surface area (Å²) in [6, 6.07) is 11.0. The summed E-state index contributed by atoms with van der Waals surface area (Å²) in [7, 11) is 0.202. The van der Waals surface area contributed by atoms with Gasteiger partial charge in [0, 0.05) is 23.7 Å². The van der Waals surface area contributed by atoms with Gasteiger partial charge in [-0.2, -0.15) is 4.99 Å². The molecule has 1 aromatic heterocycles. The molecule has 236 valence electrons. The highest BCUT2D eigenvalue weighted by atomic mass is 32.2. The van der Waals surface area contributed by atoms with E-state index < -0.39 is 27.4 Å². The maximum Gasteiger partial charge on any atom is 0.260 e. The van der Waals surface area contributed by atoms with Crippen LogP contribution in [0.3, 0.4) is 0 Å². The van der Waals surface area contributed by atoms with Crippen molar-refractivity contribution in [3.63, 3.8) is 0 Å². The van der Waals surface area contributed by atoms with Gasteiger partial charge in [0.15, 0.2) is 0 Å². The molecule has 3 aromatic rings. The van der Waals surface area contributed by atoms with E-state index in [2.05, 4.69) is 40.7 Å². The van der Waals surface area contributed by atoms with E-state index in [4.69, 9.17) is 4.99 Å². The molecule has 44 heavy (non-hydrogen) atoms. The number of rotatable bonds is 9. The Kier molecular flexibility index (Phi) is 10.4. The molecule has 1 aliphatic carbocycles. The number of guanidine groups is 1. The monoisotopic (exact) mass is 626 g/mol. The number of nitrogens with zero attached hydrogens (tertiary/aromatic N) is 4. The van der Waals surface area contributed by atoms with E-state index in [9.17, 15) is 17.6 Å². The first-order chi connectivity index (χ1) is 20.8. The molecule has 0 saturated heterocycles. The van der Waals surface area contributed by atoms with Crippen LogP contribution in [0.25, 0.3) is 11.1 Å². The van der Waals surface area contributed by atoms with Crippen LogP contribution in [0.1, 0.15) is 56.7 Å². The zero-order chi connectivity index (χ0) is 32.2. The molecule has 0 bridgehead atoms. The van der Waals surface area contributed by atoms with Gasteiger partial charge in [0.2, 0.25) is 16.0 Å². The van der Waals surface area contributed by atoms with Crippen LogP contribution in [-0.2, 0) is 15.8 Å². The Hall–Kier alpha value is -3.90. The predicted octanol–water partition coefficient (Wildman–Crippen LogP) is 5.78. The van der Waals surface area contributed by atoms with Crippen LogP contribution in [-0.4, -0.2) is 56.7 Å². The van der Waals surface area contributed by atoms with Crippen LogP contribution in [0, 0.1) is 18.6 Å². The average Bonchev–Trinajstić information content (AvgIpc) is 2.96. The summed E-state index contributed by atoms with van der Waals surface area (Å²) in [5.41, 5.74) is 0.938. The van der Waals surface area contributed by atoms with Gasteiger partial charge in [0.25, 0.3) is 5.56 Å². The highest BCUT2D eigenvalue weighted by Crippen LogP contribution is 2.29. The number of aliphatic imine (C=N–C) groups is 2. The Bertz CT molecular complexity index is 1690. The SMILES string of the molecule is C=N/C(=N\c1c(C)cc(-c2ccc(NS(=O)(=O)Cc3ccc(F)cc3)c(F)c2)c(=O)n1C(C)C)N[C@H]1CC[C@H](N(C)C)CC1. The summed E-state index contributed by atoms with van der Waals surface area (Å²) in [4.78, 5) is 24.8. The Balaban J connectivity index is 1.60. The molecule has 0 unspecified atom stereocenters. The maximum atomic E-state index is 15.2. The number of hydrogen-bond donors (Lipinski definition) is 2. The Morgan fingerprint density at radius 2 is 1.73 bits per heavy atom. The third kappa shape index (κ3) is 7.97. The molecule has 0 spiro atoms. The fourth-order valence-corrected chi connectivity index (χ4v) is 6.69. The lowest BCUT2D eigenvalue weighted by Crippen LogP contribution is -2.41. The van der Waals surface area contributed by atoms with E-state index in [1.54, 1.807) is 6.07 Å². The van der Waals surface area contributed by atoms with E-state index in [0.717, 1.165) is 43.9 Å². The molecule has 0 aliphatic heterocycles. The van der Waals surface area contributed by atoms with Crippen molar-refractivity contribution in [2.24, 2.45) is 9.98 Å². The normalized spacial score (nSPS) is 17.6. The van der Waals surface area contributed by atoms with Crippen molar-refractivity contribution in [2.45, 2.75) is 70.3 Å². The second-order valence-corrected chi connectivity index (χ2v) is 13.4. The molecule has 9 nitrogen and oxygen atoms in total. The number of aromatic nitrogens is 1. The van der Waals surface area contributed by atoms with Gasteiger partial charge in [-0.3, -0.25) is 14.1 Å². The van der Waals surface area contributed by atoms with Gasteiger partial charge in [0.05, 0.1) is 11.4 Å². The molecule has 1 aliphatic rings. The topological polar surface area (TPSA) is 108 Å². The zero-order valence-electron chi connectivity index (χ0n) is 25.8. The van der Waals surface area contributed by atoms with E-state index in [1.165, 1.54) is 28.8 Å². The molecule has 1 fully saturated rings. The number of aryl methyl sites for hydroxylation is 1. The molecular weight excluding hydrogens is 586 g/mol. The first-order valence-electron chi connectivity index (χ1n) is 14.6. The fourth-order valence-electron chi connectivity index (χ4n) is 5.49. The average molecular weight is 627 g/mol. The van der Waals surface area contributed by atoms with Crippen molar-refractivity contribution in [1.82, 2.24) is 14.8 Å². The van der Waals surface area contributed by atoms with Crippen molar-refractivity contribution >= 4 is 34.2 Å². The smallest absolute Gasteiger partial charge is 0.260 e. The number of halogens is 2. The third-order valence-electron chi connectivity index (χ3n) is 7.84. The van der Waals surface area contributed by atoms with Gasteiger partial charge in [-0.15, -0.1) is 0 Å². The number of pyridine rings is 1. The van der Waals surface area contributed by atoms with E-state index >= 15 is 4.39 Å². The van der Waals surface area contributed by atoms with E-state index in [-0.39, 0.29) is 28.9 Å². The van der Waals surface area contributed by atoms with Crippen molar-refractivity contribution in [3.05, 3.63) is 81.6 Å². The number of hydrogen-bond acceptors (Lipinski definition) is 5. The van der Waals surface area contributed by atoms with Crippen molar-refractivity contribution in [2.75, 3.05) is 18.8 Å². The molecule has 1 heterocycles. The van der Waals surface area contributed by atoms with E-state index in [0.29, 0.717) is 34.5 Å². The lowest BCUT2D eigenvalue weighted by atomic mass is 9.90. The Labute approximate surface area is 257 Å². The summed E-state index contributed by atoms with van der Waals surface area (Å²) in [5, 5.41) is 3.39. The molecule has 0 radical (unpaired) electrons. The summed E-state index contributed by atoms with van der Waals surface area (Å²) in [6.45, 7) is 9.22. The number of nitrogens with one attached hydrogen (secondary N) is 2. The quantitative estimate of drug-likeness (QED) is 0.232. The van der Waals surface area contributed by atoms with Gasteiger partial charge < -0.3 is 10.2 Å².